The van der Waals surface area contributed by atoms with Crippen LogP contribution in [0.25, 0.3) is 0 Å². The number of piperidine rings is 1. The minimum atomic E-state index is 0.333. The van der Waals surface area contributed by atoms with E-state index in [1.165, 1.54) is 18.4 Å². The lowest BCUT2D eigenvalue weighted by molar-refractivity contribution is 0.134. The molecule has 1 aromatic rings. The van der Waals surface area contributed by atoms with Crippen molar-refractivity contribution in [1.29, 1.82) is 0 Å². The number of hydrogen-bond donors (Lipinski definition) is 2. The van der Waals surface area contributed by atoms with Gasteiger partial charge in [0.2, 0.25) is 0 Å². The van der Waals surface area contributed by atoms with Crippen LogP contribution in [-0.2, 0) is 0 Å². The van der Waals surface area contributed by atoms with E-state index in [0.29, 0.717) is 17.7 Å². The van der Waals surface area contributed by atoms with Crippen LogP contribution in [-0.4, -0.2) is 29.6 Å². The molecule has 0 spiro atoms. The standard InChI is InChI=1S/C14H22N2O/c1-11(13-4-6-14(17)7-5-13)16-8-2-3-12(9-15)10-16/h4-7,11-12,17H,2-3,8-10,15H2,1H3. The Bertz CT molecular complexity index is 350. The van der Waals surface area contributed by atoms with Crippen molar-refractivity contribution < 1.29 is 5.11 Å². The summed E-state index contributed by atoms with van der Waals surface area (Å²) in [5, 5.41) is 9.30. The highest BCUT2D eigenvalue weighted by Crippen LogP contribution is 2.27. The summed E-state index contributed by atoms with van der Waals surface area (Å²) < 4.78 is 0. The topological polar surface area (TPSA) is 49.5 Å². The normalized spacial score (nSPS) is 23.5. The second-order valence-corrected chi connectivity index (χ2v) is 5.01. The molecule has 1 fully saturated rings. The predicted molar refractivity (Wildman–Crippen MR) is 69.9 cm³/mol. The summed E-state index contributed by atoms with van der Waals surface area (Å²) >= 11 is 0. The van der Waals surface area contributed by atoms with E-state index in [2.05, 4.69) is 11.8 Å². The number of hydrogen-bond acceptors (Lipinski definition) is 3. The van der Waals surface area contributed by atoms with E-state index < -0.39 is 0 Å². The number of likely N-dealkylation sites (tertiary alicyclic amines) is 1. The molecular weight excluding hydrogens is 212 g/mol. The van der Waals surface area contributed by atoms with Crippen LogP contribution in [0, 0.1) is 5.92 Å². The third-order valence-electron chi connectivity index (χ3n) is 3.81. The summed E-state index contributed by atoms with van der Waals surface area (Å²) in [4.78, 5) is 2.49. The van der Waals surface area contributed by atoms with Crippen LogP contribution in [0.5, 0.6) is 5.75 Å². The number of benzene rings is 1. The minimum absolute atomic E-state index is 0.333. The number of rotatable bonds is 3. The summed E-state index contributed by atoms with van der Waals surface area (Å²) in [6.07, 6.45) is 2.50. The molecule has 1 aliphatic rings. The van der Waals surface area contributed by atoms with Crippen molar-refractivity contribution in [2.24, 2.45) is 11.7 Å². The maximum absolute atomic E-state index is 9.30. The zero-order valence-corrected chi connectivity index (χ0v) is 10.5. The Morgan fingerprint density at radius 2 is 2.12 bits per heavy atom. The van der Waals surface area contributed by atoms with Crippen LogP contribution in [0.3, 0.4) is 0 Å². The molecule has 1 aliphatic heterocycles. The van der Waals surface area contributed by atoms with Gasteiger partial charge in [0.15, 0.2) is 0 Å². The van der Waals surface area contributed by atoms with E-state index in [4.69, 9.17) is 5.73 Å². The number of aromatic hydroxyl groups is 1. The van der Waals surface area contributed by atoms with E-state index in [1.54, 1.807) is 12.1 Å². The molecule has 0 aromatic heterocycles. The van der Waals surface area contributed by atoms with Crippen molar-refractivity contribution in [3.8, 4) is 5.75 Å². The van der Waals surface area contributed by atoms with E-state index in [0.717, 1.165) is 19.6 Å². The lowest BCUT2D eigenvalue weighted by Gasteiger charge is -2.36. The fraction of sp³-hybridized carbons (Fsp3) is 0.571. The van der Waals surface area contributed by atoms with Gasteiger partial charge in [-0.15, -0.1) is 0 Å². The van der Waals surface area contributed by atoms with Crippen molar-refractivity contribution in [1.82, 2.24) is 4.90 Å². The third kappa shape index (κ3) is 2.99. The first kappa shape index (κ1) is 12.4. The van der Waals surface area contributed by atoms with Gasteiger partial charge < -0.3 is 10.8 Å². The zero-order chi connectivity index (χ0) is 12.3. The molecule has 0 aliphatic carbocycles. The first-order valence-corrected chi connectivity index (χ1v) is 6.43. The first-order chi connectivity index (χ1) is 8.20. The summed E-state index contributed by atoms with van der Waals surface area (Å²) in [5.41, 5.74) is 7.03. The van der Waals surface area contributed by atoms with Gasteiger partial charge in [0.05, 0.1) is 0 Å². The Labute approximate surface area is 103 Å². The van der Waals surface area contributed by atoms with E-state index in [-0.39, 0.29) is 0 Å². The monoisotopic (exact) mass is 234 g/mol. The predicted octanol–water partition coefficient (Wildman–Crippen LogP) is 2.12. The van der Waals surface area contributed by atoms with Crippen LogP contribution < -0.4 is 5.73 Å². The van der Waals surface area contributed by atoms with Gasteiger partial charge in [-0.3, -0.25) is 4.90 Å². The molecule has 2 unspecified atom stereocenters. The molecular formula is C14H22N2O. The second-order valence-electron chi connectivity index (χ2n) is 5.01. The average Bonchev–Trinajstić information content (AvgIpc) is 2.39. The van der Waals surface area contributed by atoms with Crippen LogP contribution in [0.4, 0.5) is 0 Å². The SMILES string of the molecule is CC(c1ccc(O)cc1)N1CCCC(CN)C1. The second kappa shape index (κ2) is 5.52. The fourth-order valence-corrected chi connectivity index (χ4v) is 2.61. The Balaban J connectivity index is 2.03. The highest BCUT2D eigenvalue weighted by Gasteiger charge is 2.23. The van der Waals surface area contributed by atoms with Crippen LogP contribution in [0.15, 0.2) is 24.3 Å². The lowest BCUT2D eigenvalue weighted by Crippen LogP contribution is -2.39. The Morgan fingerprint density at radius 1 is 1.41 bits per heavy atom. The molecule has 94 valence electrons. The Hall–Kier alpha value is -1.06. The molecule has 3 heteroatoms. The van der Waals surface area contributed by atoms with Gasteiger partial charge in [-0.1, -0.05) is 12.1 Å². The van der Waals surface area contributed by atoms with Crippen molar-refractivity contribution in [3.05, 3.63) is 29.8 Å². The zero-order valence-electron chi connectivity index (χ0n) is 10.5. The van der Waals surface area contributed by atoms with E-state index in [9.17, 15) is 5.11 Å². The smallest absolute Gasteiger partial charge is 0.115 e. The Morgan fingerprint density at radius 3 is 2.76 bits per heavy atom. The van der Waals surface area contributed by atoms with Gasteiger partial charge >= 0.3 is 0 Å². The third-order valence-corrected chi connectivity index (χ3v) is 3.81. The van der Waals surface area contributed by atoms with Crippen molar-refractivity contribution >= 4 is 0 Å². The van der Waals surface area contributed by atoms with Crippen LogP contribution in [0.1, 0.15) is 31.4 Å². The van der Waals surface area contributed by atoms with Crippen LogP contribution >= 0.6 is 0 Å². The molecule has 2 rings (SSSR count). The minimum Gasteiger partial charge on any atom is -0.508 e. The molecule has 0 bridgehead atoms. The highest BCUT2D eigenvalue weighted by atomic mass is 16.3. The lowest BCUT2D eigenvalue weighted by atomic mass is 9.95. The van der Waals surface area contributed by atoms with E-state index >= 15 is 0 Å². The summed E-state index contributed by atoms with van der Waals surface area (Å²) in [6, 6.07) is 7.94. The molecule has 1 saturated heterocycles. The van der Waals surface area contributed by atoms with Gasteiger partial charge in [-0.2, -0.15) is 0 Å². The van der Waals surface area contributed by atoms with Gasteiger partial charge in [0, 0.05) is 12.6 Å². The van der Waals surface area contributed by atoms with Crippen molar-refractivity contribution in [3.63, 3.8) is 0 Å². The highest BCUT2D eigenvalue weighted by molar-refractivity contribution is 5.27. The number of nitrogens with two attached hydrogens (primary N) is 1. The molecule has 2 atom stereocenters. The quantitative estimate of drug-likeness (QED) is 0.842. The molecule has 1 aromatic carbocycles. The molecule has 0 saturated carbocycles. The molecule has 1 heterocycles. The molecule has 3 nitrogen and oxygen atoms in total. The summed E-state index contributed by atoms with van der Waals surface area (Å²) in [5.74, 6) is 0.975. The largest absolute Gasteiger partial charge is 0.508 e. The van der Waals surface area contributed by atoms with Crippen molar-refractivity contribution in [2.45, 2.75) is 25.8 Å². The summed E-state index contributed by atoms with van der Waals surface area (Å²) in [6.45, 7) is 5.27. The molecule has 0 amide bonds. The average molecular weight is 234 g/mol. The van der Waals surface area contributed by atoms with Gasteiger partial charge in [-0.25, -0.2) is 0 Å². The van der Waals surface area contributed by atoms with Gasteiger partial charge in [0.25, 0.3) is 0 Å². The van der Waals surface area contributed by atoms with E-state index in [1.807, 2.05) is 12.1 Å². The molecule has 17 heavy (non-hydrogen) atoms. The molecule has 3 N–H and O–H groups in total. The number of phenolic OH excluding ortho intramolecular Hbond substituents is 1. The van der Waals surface area contributed by atoms with Gasteiger partial charge in [0.1, 0.15) is 5.75 Å². The maximum Gasteiger partial charge on any atom is 0.115 e. The number of phenols is 1. The fourth-order valence-electron chi connectivity index (χ4n) is 2.61. The van der Waals surface area contributed by atoms with Crippen LogP contribution in [0.2, 0.25) is 0 Å². The Kier molecular flexibility index (Phi) is 4.02. The molecule has 0 radical (unpaired) electrons. The first-order valence-electron chi connectivity index (χ1n) is 6.43. The maximum atomic E-state index is 9.30. The summed E-state index contributed by atoms with van der Waals surface area (Å²) in [7, 11) is 0. The van der Waals surface area contributed by atoms with Crippen molar-refractivity contribution in [2.75, 3.05) is 19.6 Å². The number of nitrogens with zero attached hydrogens (tertiary/aromatic N) is 1. The van der Waals surface area contributed by atoms with Gasteiger partial charge in [-0.05, 0) is 56.5 Å².